The monoisotopic (exact) mass is 251 g/mol. The van der Waals surface area contributed by atoms with Gasteiger partial charge in [-0.15, -0.1) is 0 Å². The molecular weight excluding hydrogens is 230 g/mol. The molecule has 1 aromatic rings. The Morgan fingerprint density at radius 1 is 1.67 bits per heavy atom. The van der Waals surface area contributed by atoms with Crippen LogP contribution < -0.4 is 0 Å². The van der Waals surface area contributed by atoms with Crippen molar-refractivity contribution in [2.24, 2.45) is 5.41 Å². The van der Waals surface area contributed by atoms with Gasteiger partial charge in [-0.3, -0.25) is 9.89 Å². The van der Waals surface area contributed by atoms with Crippen molar-refractivity contribution in [1.29, 1.82) is 0 Å². The van der Waals surface area contributed by atoms with Crippen LogP contribution in [0.15, 0.2) is 12.3 Å². The molecule has 2 N–H and O–H groups in total. The molecule has 1 fully saturated rings. The van der Waals surface area contributed by atoms with Crippen molar-refractivity contribution >= 4 is 5.91 Å². The molecule has 5 nitrogen and oxygen atoms in total. The number of amides is 1. The molecule has 1 aliphatic rings. The highest BCUT2D eigenvalue weighted by Gasteiger charge is 2.36. The van der Waals surface area contributed by atoms with E-state index in [1.165, 1.54) is 0 Å². The third-order valence-corrected chi connectivity index (χ3v) is 3.80. The predicted molar refractivity (Wildman–Crippen MR) is 68.2 cm³/mol. The summed E-state index contributed by atoms with van der Waals surface area (Å²) in [5.74, 6) is -0.0128. The molecule has 1 aliphatic heterocycles. The largest absolute Gasteiger partial charge is 0.396 e. The second-order valence-electron chi connectivity index (χ2n) is 5.21. The molecule has 5 heteroatoms. The summed E-state index contributed by atoms with van der Waals surface area (Å²) in [6, 6.07) is 1.69. The van der Waals surface area contributed by atoms with E-state index in [0.29, 0.717) is 12.2 Å². The Bertz CT molecular complexity index is 387. The second kappa shape index (κ2) is 5.52. The van der Waals surface area contributed by atoms with Crippen LogP contribution in [-0.4, -0.2) is 45.8 Å². The van der Waals surface area contributed by atoms with Crippen molar-refractivity contribution in [3.8, 4) is 0 Å². The number of rotatable bonds is 4. The Morgan fingerprint density at radius 3 is 3.11 bits per heavy atom. The molecule has 0 aromatic carbocycles. The van der Waals surface area contributed by atoms with Crippen LogP contribution in [0.1, 0.15) is 43.1 Å². The molecule has 18 heavy (non-hydrogen) atoms. The van der Waals surface area contributed by atoms with Gasteiger partial charge in [0, 0.05) is 24.7 Å². The van der Waals surface area contributed by atoms with Crippen molar-refractivity contribution in [2.45, 2.75) is 32.6 Å². The highest BCUT2D eigenvalue weighted by Crippen LogP contribution is 2.34. The van der Waals surface area contributed by atoms with Crippen LogP contribution in [0, 0.1) is 5.41 Å². The first-order valence-electron chi connectivity index (χ1n) is 6.60. The van der Waals surface area contributed by atoms with Crippen LogP contribution in [0.3, 0.4) is 0 Å². The van der Waals surface area contributed by atoms with Crippen LogP contribution >= 0.6 is 0 Å². The van der Waals surface area contributed by atoms with Gasteiger partial charge >= 0.3 is 0 Å². The lowest BCUT2D eigenvalue weighted by atomic mass is 9.77. The van der Waals surface area contributed by atoms with Gasteiger partial charge in [0.2, 0.25) is 0 Å². The quantitative estimate of drug-likeness (QED) is 0.850. The average Bonchev–Trinajstić information content (AvgIpc) is 2.92. The topological polar surface area (TPSA) is 69.2 Å². The number of hydrogen-bond donors (Lipinski definition) is 2. The molecule has 0 bridgehead atoms. The van der Waals surface area contributed by atoms with Crippen molar-refractivity contribution < 1.29 is 9.90 Å². The van der Waals surface area contributed by atoms with Gasteiger partial charge in [0.25, 0.3) is 5.91 Å². The number of carbonyl (C=O) groups excluding carboxylic acids is 1. The van der Waals surface area contributed by atoms with E-state index < -0.39 is 0 Å². The summed E-state index contributed by atoms with van der Waals surface area (Å²) in [7, 11) is 0. The molecule has 0 saturated carbocycles. The number of H-pyrrole nitrogens is 1. The maximum Gasteiger partial charge on any atom is 0.271 e. The number of aromatic amines is 1. The Labute approximate surface area is 107 Å². The average molecular weight is 251 g/mol. The van der Waals surface area contributed by atoms with Crippen LogP contribution in [-0.2, 0) is 0 Å². The number of nitrogens with one attached hydrogen (secondary N) is 1. The number of aliphatic hydroxyl groups is 1. The van der Waals surface area contributed by atoms with Gasteiger partial charge in [-0.1, -0.05) is 13.3 Å². The fraction of sp³-hybridized carbons (Fsp3) is 0.692. The number of likely N-dealkylation sites (tertiary alicyclic amines) is 1. The van der Waals surface area contributed by atoms with Crippen molar-refractivity contribution in [1.82, 2.24) is 15.1 Å². The van der Waals surface area contributed by atoms with Crippen LogP contribution in [0.2, 0.25) is 0 Å². The first kappa shape index (κ1) is 13.1. The number of aromatic nitrogens is 2. The van der Waals surface area contributed by atoms with Gasteiger partial charge in [-0.25, -0.2) is 0 Å². The molecule has 2 heterocycles. The minimum atomic E-state index is -0.108. The van der Waals surface area contributed by atoms with Crippen LogP contribution in [0.5, 0.6) is 0 Å². The zero-order valence-corrected chi connectivity index (χ0v) is 10.9. The summed E-state index contributed by atoms with van der Waals surface area (Å²) in [6.45, 7) is 3.69. The van der Waals surface area contributed by atoms with Crippen molar-refractivity contribution in [2.75, 3.05) is 19.7 Å². The van der Waals surface area contributed by atoms with Crippen molar-refractivity contribution in [3.63, 3.8) is 0 Å². The summed E-state index contributed by atoms with van der Waals surface area (Å²) < 4.78 is 0. The fourth-order valence-corrected chi connectivity index (χ4v) is 2.87. The lowest BCUT2D eigenvalue weighted by Crippen LogP contribution is -2.48. The third kappa shape index (κ3) is 2.56. The second-order valence-corrected chi connectivity index (χ2v) is 5.21. The van der Waals surface area contributed by atoms with Gasteiger partial charge in [0.1, 0.15) is 5.69 Å². The highest BCUT2D eigenvalue weighted by atomic mass is 16.3. The molecule has 1 atom stereocenters. The molecular formula is C13H21N3O2. The maximum absolute atomic E-state index is 12.2. The number of nitrogens with zero attached hydrogens (tertiary/aromatic N) is 2. The smallest absolute Gasteiger partial charge is 0.271 e. The lowest BCUT2D eigenvalue weighted by molar-refractivity contribution is 0.0219. The summed E-state index contributed by atoms with van der Waals surface area (Å²) >= 11 is 0. The number of aliphatic hydroxyl groups excluding tert-OH is 1. The lowest BCUT2D eigenvalue weighted by Gasteiger charge is -2.41. The molecule has 0 spiro atoms. The van der Waals surface area contributed by atoms with E-state index in [9.17, 15) is 9.90 Å². The van der Waals surface area contributed by atoms with Gasteiger partial charge in [-0.2, -0.15) is 5.10 Å². The van der Waals surface area contributed by atoms with E-state index in [0.717, 1.165) is 32.2 Å². The number of piperidine rings is 1. The molecule has 100 valence electrons. The minimum Gasteiger partial charge on any atom is -0.396 e. The Balaban J connectivity index is 2.08. The summed E-state index contributed by atoms with van der Waals surface area (Å²) in [5.41, 5.74) is 0.420. The van der Waals surface area contributed by atoms with Gasteiger partial charge in [0.05, 0.1) is 6.61 Å². The van der Waals surface area contributed by atoms with Crippen LogP contribution in [0.4, 0.5) is 0 Å². The van der Waals surface area contributed by atoms with E-state index in [4.69, 9.17) is 0 Å². The van der Waals surface area contributed by atoms with E-state index in [1.807, 2.05) is 4.90 Å². The van der Waals surface area contributed by atoms with E-state index in [-0.39, 0.29) is 17.9 Å². The maximum atomic E-state index is 12.2. The molecule has 2 rings (SSSR count). The van der Waals surface area contributed by atoms with E-state index in [2.05, 4.69) is 17.1 Å². The molecule has 1 unspecified atom stereocenters. The van der Waals surface area contributed by atoms with Crippen LogP contribution in [0.25, 0.3) is 0 Å². The standard InChI is InChI=1S/C13H21N3O2/c1-2-5-13(10-17)6-3-8-16(9-13)12(18)11-4-7-14-15-11/h4,7,17H,2-3,5-6,8-10H2,1H3,(H,14,15). The molecule has 0 aliphatic carbocycles. The summed E-state index contributed by atoms with van der Waals surface area (Å²) in [6.07, 6.45) is 5.55. The Morgan fingerprint density at radius 2 is 2.50 bits per heavy atom. The zero-order valence-electron chi connectivity index (χ0n) is 10.9. The normalized spacial score (nSPS) is 24.2. The first-order chi connectivity index (χ1) is 8.71. The third-order valence-electron chi connectivity index (χ3n) is 3.80. The highest BCUT2D eigenvalue weighted by molar-refractivity contribution is 5.92. The summed E-state index contributed by atoms with van der Waals surface area (Å²) in [5, 5.41) is 16.2. The van der Waals surface area contributed by atoms with Gasteiger partial charge < -0.3 is 10.0 Å². The fourth-order valence-electron chi connectivity index (χ4n) is 2.87. The molecule has 0 radical (unpaired) electrons. The zero-order chi connectivity index (χ0) is 13.0. The first-order valence-corrected chi connectivity index (χ1v) is 6.60. The molecule has 1 saturated heterocycles. The SMILES string of the molecule is CCCC1(CO)CCCN(C(=O)c2ccn[nH]2)C1. The molecule has 1 amide bonds. The molecule has 1 aromatic heterocycles. The minimum absolute atomic E-state index is 0.0128. The van der Waals surface area contributed by atoms with E-state index in [1.54, 1.807) is 12.3 Å². The predicted octanol–water partition coefficient (Wildman–Crippen LogP) is 1.42. The number of carbonyl (C=O) groups is 1. The number of hydrogen-bond acceptors (Lipinski definition) is 3. The van der Waals surface area contributed by atoms with Gasteiger partial charge in [-0.05, 0) is 25.3 Å². The summed E-state index contributed by atoms with van der Waals surface area (Å²) in [4.78, 5) is 14.1. The van der Waals surface area contributed by atoms with Gasteiger partial charge in [0.15, 0.2) is 0 Å². The Hall–Kier alpha value is -1.36. The van der Waals surface area contributed by atoms with Crippen molar-refractivity contribution in [3.05, 3.63) is 18.0 Å². The van der Waals surface area contributed by atoms with E-state index >= 15 is 0 Å². The Kier molecular flexibility index (Phi) is 4.01.